The molecule has 0 unspecified atom stereocenters. The number of hydrogen-bond donors (Lipinski definition) is 2. The van der Waals surface area contributed by atoms with Crippen LogP contribution in [0.1, 0.15) is 10.4 Å². The van der Waals surface area contributed by atoms with E-state index in [2.05, 4.69) is 10.3 Å². The largest absolute Gasteiger partial charge is 0.506 e. The Labute approximate surface area is 143 Å². The number of nitrogens with one attached hydrogen (secondary N) is 1. The van der Waals surface area contributed by atoms with Gasteiger partial charge in [-0.15, -0.1) is 0 Å². The molecule has 0 aliphatic carbocycles. The quantitative estimate of drug-likeness (QED) is 0.544. The lowest BCUT2D eigenvalue weighted by molar-refractivity contribution is 0.102. The van der Waals surface area contributed by atoms with Crippen LogP contribution in [0.15, 0.2) is 77.4 Å². The highest BCUT2D eigenvalue weighted by Gasteiger charge is 2.16. The summed E-state index contributed by atoms with van der Waals surface area (Å²) < 4.78 is 5.41. The molecule has 0 aliphatic heterocycles. The third-order valence-corrected chi connectivity index (χ3v) is 3.89. The summed E-state index contributed by atoms with van der Waals surface area (Å²) in [6.07, 6.45) is 1.56. The van der Waals surface area contributed by atoms with E-state index in [0.29, 0.717) is 28.2 Å². The molecule has 0 atom stereocenters. The first-order valence-corrected chi connectivity index (χ1v) is 7.75. The van der Waals surface area contributed by atoms with Gasteiger partial charge in [0, 0.05) is 5.39 Å². The maximum atomic E-state index is 12.8. The zero-order valence-electron chi connectivity index (χ0n) is 13.1. The van der Waals surface area contributed by atoms with Gasteiger partial charge in [-0.25, -0.2) is 4.98 Å². The molecular weight excluding hydrogens is 316 g/mol. The Morgan fingerprint density at radius 2 is 1.80 bits per heavy atom. The van der Waals surface area contributed by atoms with Crippen molar-refractivity contribution in [3.05, 3.63) is 78.6 Å². The molecule has 25 heavy (non-hydrogen) atoms. The van der Waals surface area contributed by atoms with Crippen molar-refractivity contribution < 1.29 is 14.3 Å². The average Bonchev–Trinajstić information content (AvgIpc) is 3.17. The number of para-hydroxylation sites is 3. The number of anilines is 1. The number of phenolic OH excluding ortho intramolecular Hbond substituents is 1. The monoisotopic (exact) mass is 330 g/mol. The maximum absolute atomic E-state index is 12.8. The molecule has 0 bridgehead atoms. The summed E-state index contributed by atoms with van der Waals surface area (Å²) in [5.41, 5.74) is 2.08. The predicted octanol–water partition coefficient (Wildman–Crippen LogP) is 4.45. The average molecular weight is 330 g/mol. The zero-order chi connectivity index (χ0) is 17.2. The van der Waals surface area contributed by atoms with Crippen LogP contribution < -0.4 is 5.32 Å². The molecule has 0 spiro atoms. The summed E-state index contributed by atoms with van der Waals surface area (Å²) in [6, 6.07) is 19.3. The Morgan fingerprint density at radius 3 is 2.60 bits per heavy atom. The number of pyridine rings is 1. The molecule has 1 amide bonds. The van der Waals surface area contributed by atoms with Crippen molar-refractivity contribution in [1.29, 1.82) is 0 Å². The topological polar surface area (TPSA) is 75.4 Å². The van der Waals surface area contributed by atoms with Gasteiger partial charge < -0.3 is 14.8 Å². The molecule has 4 rings (SSSR count). The second-order valence-electron chi connectivity index (χ2n) is 5.52. The molecule has 0 fully saturated rings. The third-order valence-electron chi connectivity index (χ3n) is 3.89. The van der Waals surface area contributed by atoms with Crippen molar-refractivity contribution in [3.63, 3.8) is 0 Å². The van der Waals surface area contributed by atoms with E-state index in [1.165, 1.54) is 6.07 Å². The van der Waals surface area contributed by atoms with Gasteiger partial charge in [-0.2, -0.15) is 0 Å². The number of fused-ring (bicyclic) bond motifs is 1. The second-order valence-corrected chi connectivity index (χ2v) is 5.52. The number of furan rings is 1. The molecule has 0 aliphatic rings. The van der Waals surface area contributed by atoms with Crippen LogP contribution >= 0.6 is 0 Å². The van der Waals surface area contributed by atoms with E-state index in [-0.39, 0.29) is 11.7 Å². The lowest BCUT2D eigenvalue weighted by atomic mass is 10.1. The van der Waals surface area contributed by atoms with Crippen LogP contribution in [0.5, 0.6) is 5.75 Å². The van der Waals surface area contributed by atoms with Gasteiger partial charge in [0.05, 0.1) is 23.0 Å². The van der Waals surface area contributed by atoms with Crippen molar-refractivity contribution in [2.45, 2.75) is 0 Å². The summed E-state index contributed by atoms with van der Waals surface area (Å²) in [4.78, 5) is 17.4. The van der Waals surface area contributed by atoms with Gasteiger partial charge in [-0.3, -0.25) is 4.79 Å². The van der Waals surface area contributed by atoms with Gasteiger partial charge in [0.25, 0.3) is 5.91 Å². The van der Waals surface area contributed by atoms with Crippen LogP contribution in [-0.4, -0.2) is 16.0 Å². The highest BCUT2D eigenvalue weighted by atomic mass is 16.3. The van der Waals surface area contributed by atoms with Crippen LogP contribution in [0.2, 0.25) is 0 Å². The van der Waals surface area contributed by atoms with Crippen molar-refractivity contribution in [2.24, 2.45) is 0 Å². The lowest BCUT2D eigenvalue weighted by Gasteiger charge is -2.10. The fourth-order valence-corrected chi connectivity index (χ4v) is 2.68. The van der Waals surface area contributed by atoms with Crippen molar-refractivity contribution in [3.8, 4) is 17.2 Å². The Kier molecular flexibility index (Phi) is 3.67. The number of hydrogen-bond acceptors (Lipinski definition) is 4. The Hall–Kier alpha value is -3.60. The minimum absolute atomic E-state index is 0.0143. The van der Waals surface area contributed by atoms with Crippen molar-refractivity contribution >= 4 is 22.5 Å². The van der Waals surface area contributed by atoms with Gasteiger partial charge in [-0.1, -0.05) is 30.3 Å². The number of benzene rings is 2. The fourth-order valence-electron chi connectivity index (χ4n) is 2.68. The standard InChI is InChI=1S/C20H14N2O3/c23-18-9-4-3-8-16(18)22-20(24)14-12-17(19-10-5-11-25-19)21-15-7-2-1-6-13(14)15/h1-12,23H,(H,22,24). The SMILES string of the molecule is O=C(Nc1ccccc1O)c1cc(-c2ccco2)nc2ccccc12. The van der Waals surface area contributed by atoms with E-state index in [9.17, 15) is 9.90 Å². The van der Waals surface area contributed by atoms with E-state index >= 15 is 0 Å². The number of phenols is 1. The molecule has 5 nitrogen and oxygen atoms in total. The third kappa shape index (κ3) is 2.83. The summed E-state index contributed by atoms with van der Waals surface area (Å²) in [5.74, 6) is 0.274. The van der Waals surface area contributed by atoms with Crippen LogP contribution in [0, 0.1) is 0 Å². The van der Waals surface area contributed by atoms with Gasteiger partial charge in [0.15, 0.2) is 5.76 Å². The molecule has 2 aromatic carbocycles. The molecule has 4 aromatic rings. The first kappa shape index (κ1) is 15.0. The number of carbonyl (C=O) groups is 1. The minimum Gasteiger partial charge on any atom is -0.506 e. The molecule has 0 saturated carbocycles. The zero-order valence-corrected chi connectivity index (χ0v) is 13.1. The number of nitrogens with zero attached hydrogens (tertiary/aromatic N) is 1. The molecule has 5 heteroatoms. The highest BCUT2D eigenvalue weighted by Crippen LogP contribution is 2.27. The summed E-state index contributed by atoms with van der Waals surface area (Å²) >= 11 is 0. The Bertz CT molecular complexity index is 1060. The van der Waals surface area contributed by atoms with E-state index in [0.717, 1.165) is 5.39 Å². The predicted molar refractivity (Wildman–Crippen MR) is 95.5 cm³/mol. The van der Waals surface area contributed by atoms with E-state index in [4.69, 9.17) is 4.42 Å². The second kappa shape index (κ2) is 6.13. The number of rotatable bonds is 3. The van der Waals surface area contributed by atoms with Crippen LogP contribution in [0.4, 0.5) is 5.69 Å². The maximum Gasteiger partial charge on any atom is 0.256 e. The summed E-state index contributed by atoms with van der Waals surface area (Å²) in [6.45, 7) is 0. The fraction of sp³-hybridized carbons (Fsp3) is 0. The molecule has 2 N–H and O–H groups in total. The van der Waals surface area contributed by atoms with Gasteiger partial charge >= 0.3 is 0 Å². The van der Waals surface area contributed by atoms with E-state index < -0.39 is 0 Å². The summed E-state index contributed by atoms with van der Waals surface area (Å²) in [5, 5.41) is 13.4. The summed E-state index contributed by atoms with van der Waals surface area (Å²) in [7, 11) is 0. The van der Waals surface area contributed by atoms with Crippen LogP contribution in [-0.2, 0) is 0 Å². The number of aromatic nitrogens is 1. The van der Waals surface area contributed by atoms with Crippen LogP contribution in [0.25, 0.3) is 22.4 Å². The molecule has 2 heterocycles. The normalized spacial score (nSPS) is 10.7. The first-order chi connectivity index (χ1) is 12.2. The molecule has 2 aromatic heterocycles. The molecule has 0 saturated heterocycles. The number of aromatic hydroxyl groups is 1. The number of carbonyl (C=O) groups excluding carboxylic acids is 1. The number of amides is 1. The van der Waals surface area contributed by atoms with E-state index in [1.54, 1.807) is 42.7 Å². The Morgan fingerprint density at radius 1 is 1.00 bits per heavy atom. The highest BCUT2D eigenvalue weighted by molar-refractivity contribution is 6.13. The van der Waals surface area contributed by atoms with Gasteiger partial charge in [0.2, 0.25) is 0 Å². The van der Waals surface area contributed by atoms with Crippen molar-refractivity contribution in [1.82, 2.24) is 4.98 Å². The van der Waals surface area contributed by atoms with Gasteiger partial charge in [0.1, 0.15) is 11.4 Å². The minimum atomic E-state index is -0.326. The molecule has 0 radical (unpaired) electrons. The molecule has 122 valence electrons. The van der Waals surface area contributed by atoms with E-state index in [1.807, 2.05) is 24.3 Å². The lowest BCUT2D eigenvalue weighted by Crippen LogP contribution is -2.13. The van der Waals surface area contributed by atoms with Crippen LogP contribution in [0.3, 0.4) is 0 Å². The van der Waals surface area contributed by atoms with Gasteiger partial charge in [-0.05, 0) is 36.4 Å². The Balaban J connectivity index is 1.82. The molecular formula is C20H14N2O3. The van der Waals surface area contributed by atoms with Crippen molar-refractivity contribution in [2.75, 3.05) is 5.32 Å². The first-order valence-electron chi connectivity index (χ1n) is 7.75. The smallest absolute Gasteiger partial charge is 0.256 e.